The highest BCUT2D eigenvalue weighted by Gasteiger charge is 2.35. The van der Waals surface area contributed by atoms with Gasteiger partial charge in [0.15, 0.2) is 0 Å². The highest BCUT2D eigenvalue weighted by Crippen LogP contribution is 2.36. The number of hydrogen-bond donors (Lipinski definition) is 2. The van der Waals surface area contributed by atoms with Crippen molar-refractivity contribution in [1.29, 1.82) is 0 Å². The van der Waals surface area contributed by atoms with Crippen molar-refractivity contribution in [2.75, 3.05) is 0 Å². The number of aryl methyl sites for hydroxylation is 1. The van der Waals surface area contributed by atoms with Crippen LogP contribution in [0.3, 0.4) is 0 Å². The number of aliphatic hydroxyl groups is 1. The molecule has 2 rings (SSSR count). The zero-order chi connectivity index (χ0) is 12.3. The first-order valence-electron chi connectivity index (χ1n) is 6.71. The van der Waals surface area contributed by atoms with Crippen LogP contribution < -0.4 is 5.73 Å². The lowest BCUT2D eigenvalue weighted by molar-refractivity contribution is 0.0587. The molecule has 0 amide bonds. The minimum atomic E-state index is -0.520. The zero-order valence-corrected chi connectivity index (χ0v) is 10.7. The van der Waals surface area contributed by atoms with Crippen molar-refractivity contribution >= 4 is 0 Å². The Balaban J connectivity index is 2.14. The van der Waals surface area contributed by atoms with Crippen molar-refractivity contribution in [2.45, 2.75) is 57.1 Å². The van der Waals surface area contributed by atoms with Crippen LogP contribution in [0.2, 0.25) is 0 Å². The molecule has 2 heteroatoms. The fourth-order valence-electron chi connectivity index (χ4n) is 2.75. The molecule has 0 aliphatic heterocycles. The van der Waals surface area contributed by atoms with Gasteiger partial charge in [-0.15, -0.1) is 0 Å². The van der Waals surface area contributed by atoms with Crippen molar-refractivity contribution in [3.8, 4) is 0 Å². The van der Waals surface area contributed by atoms with Crippen LogP contribution in [-0.2, 0) is 6.42 Å². The van der Waals surface area contributed by atoms with E-state index >= 15 is 0 Å². The lowest BCUT2D eigenvalue weighted by Gasteiger charge is -2.37. The first kappa shape index (κ1) is 12.6. The number of rotatable bonds is 3. The molecule has 1 aromatic rings. The molecule has 0 spiro atoms. The molecule has 1 aromatic carbocycles. The van der Waals surface area contributed by atoms with Crippen LogP contribution >= 0.6 is 0 Å². The number of hydrogen-bond acceptors (Lipinski definition) is 2. The Morgan fingerprint density at radius 3 is 2.29 bits per heavy atom. The monoisotopic (exact) mass is 233 g/mol. The molecule has 1 fully saturated rings. The smallest absolute Gasteiger partial charge is 0.0969 e. The Bertz CT molecular complexity index is 352. The number of nitrogens with two attached hydrogens (primary N) is 1. The van der Waals surface area contributed by atoms with E-state index in [2.05, 4.69) is 19.1 Å². The maximum Gasteiger partial charge on any atom is 0.0969 e. The van der Waals surface area contributed by atoms with Gasteiger partial charge < -0.3 is 10.8 Å². The fraction of sp³-hybridized carbons (Fsp3) is 0.600. The van der Waals surface area contributed by atoms with E-state index in [1.807, 2.05) is 12.1 Å². The average molecular weight is 233 g/mol. The van der Waals surface area contributed by atoms with Gasteiger partial charge in [0.25, 0.3) is 0 Å². The van der Waals surface area contributed by atoms with Crippen molar-refractivity contribution in [3.05, 3.63) is 35.4 Å². The fourth-order valence-corrected chi connectivity index (χ4v) is 2.75. The Morgan fingerprint density at radius 2 is 1.76 bits per heavy atom. The second-order valence-electron chi connectivity index (χ2n) is 5.29. The Labute approximate surface area is 104 Å². The van der Waals surface area contributed by atoms with Gasteiger partial charge >= 0.3 is 0 Å². The molecule has 0 saturated heterocycles. The van der Waals surface area contributed by atoms with Crippen LogP contribution in [0.1, 0.15) is 56.3 Å². The van der Waals surface area contributed by atoms with E-state index in [0.29, 0.717) is 0 Å². The summed E-state index contributed by atoms with van der Waals surface area (Å²) in [6.07, 6.45) is 5.91. The summed E-state index contributed by atoms with van der Waals surface area (Å²) in [4.78, 5) is 0. The van der Waals surface area contributed by atoms with Gasteiger partial charge in [0.2, 0.25) is 0 Å². The van der Waals surface area contributed by atoms with Crippen LogP contribution in [0.4, 0.5) is 0 Å². The molecule has 3 N–H and O–H groups in total. The summed E-state index contributed by atoms with van der Waals surface area (Å²) < 4.78 is 0. The maximum absolute atomic E-state index is 10.4. The van der Waals surface area contributed by atoms with Crippen LogP contribution in [0.25, 0.3) is 0 Å². The quantitative estimate of drug-likeness (QED) is 0.843. The molecule has 1 saturated carbocycles. The van der Waals surface area contributed by atoms with E-state index in [4.69, 9.17) is 5.73 Å². The van der Waals surface area contributed by atoms with Gasteiger partial charge in [-0.2, -0.15) is 0 Å². The molecule has 1 aliphatic rings. The first-order valence-corrected chi connectivity index (χ1v) is 6.71. The lowest BCUT2D eigenvalue weighted by atomic mass is 9.76. The maximum atomic E-state index is 10.4. The van der Waals surface area contributed by atoms with Crippen LogP contribution in [0.5, 0.6) is 0 Å². The van der Waals surface area contributed by atoms with Gasteiger partial charge in [0, 0.05) is 5.54 Å². The summed E-state index contributed by atoms with van der Waals surface area (Å²) in [5.74, 6) is 0. The normalized spacial score (nSPS) is 21.1. The summed E-state index contributed by atoms with van der Waals surface area (Å²) >= 11 is 0. The Hall–Kier alpha value is -0.860. The third kappa shape index (κ3) is 2.70. The van der Waals surface area contributed by atoms with Crippen molar-refractivity contribution in [2.24, 2.45) is 5.73 Å². The second-order valence-corrected chi connectivity index (χ2v) is 5.29. The van der Waals surface area contributed by atoms with Gasteiger partial charge in [-0.1, -0.05) is 50.5 Å². The largest absolute Gasteiger partial charge is 0.386 e. The lowest BCUT2D eigenvalue weighted by Crippen LogP contribution is -2.47. The highest BCUT2D eigenvalue weighted by atomic mass is 16.3. The van der Waals surface area contributed by atoms with E-state index in [1.54, 1.807) is 0 Å². The van der Waals surface area contributed by atoms with Gasteiger partial charge in [-0.25, -0.2) is 0 Å². The summed E-state index contributed by atoms with van der Waals surface area (Å²) in [5.41, 5.74) is 8.21. The van der Waals surface area contributed by atoms with Crippen LogP contribution in [0.15, 0.2) is 24.3 Å². The van der Waals surface area contributed by atoms with E-state index < -0.39 is 11.6 Å². The predicted molar refractivity (Wildman–Crippen MR) is 70.8 cm³/mol. The summed E-state index contributed by atoms with van der Waals surface area (Å²) in [7, 11) is 0. The Morgan fingerprint density at radius 1 is 1.18 bits per heavy atom. The van der Waals surface area contributed by atoms with Gasteiger partial charge in [0.1, 0.15) is 0 Å². The Kier molecular flexibility index (Phi) is 3.85. The molecule has 1 atom stereocenters. The second kappa shape index (κ2) is 5.19. The molecule has 0 radical (unpaired) electrons. The SMILES string of the molecule is CCc1ccc(C(O)C2(N)CCCCC2)cc1. The van der Waals surface area contributed by atoms with E-state index in [1.165, 1.54) is 12.0 Å². The minimum Gasteiger partial charge on any atom is -0.386 e. The van der Waals surface area contributed by atoms with Crippen molar-refractivity contribution < 1.29 is 5.11 Å². The molecule has 94 valence electrons. The molecule has 17 heavy (non-hydrogen) atoms. The van der Waals surface area contributed by atoms with E-state index in [9.17, 15) is 5.11 Å². The van der Waals surface area contributed by atoms with Crippen LogP contribution in [-0.4, -0.2) is 10.6 Å². The number of aliphatic hydroxyl groups excluding tert-OH is 1. The molecule has 1 unspecified atom stereocenters. The zero-order valence-electron chi connectivity index (χ0n) is 10.7. The van der Waals surface area contributed by atoms with Gasteiger partial charge in [0.05, 0.1) is 6.10 Å². The number of benzene rings is 1. The van der Waals surface area contributed by atoms with Gasteiger partial charge in [-0.3, -0.25) is 0 Å². The highest BCUT2D eigenvalue weighted by molar-refractivity contribution is 5.26. The first-order chi connectivity index (χ1) is 8.15. The molecule has 0 aromatic heterocycles. The summed E-state index contributed by atoms with van der Waals surface area (Å²) in [6, 6.07) is 8.22. The molecule has 0 heterocycles. The van der Waals surface area contributed by atoms with E-state index in [0.717, 1.165) is 37.7 Å². The molecular formula is C15H23NO. The predicted octanol–water partition coefficient (Wildman–Crippen LogP) is 2.94. The standard InChI is InChI=1S/C15H23NO/c1-2-12-6-8-13(9-7-12)14(17)15(16)10-4-3-5-11-15/h6-9,14,17H,2-5,10-11,16H2,1H3. The average Bonchev–Trinajstić information content (AvgIpc) is 2.39. The van der Waals surface area contributed by atoms with Crippen molar-refractivity contribution in [3.63, 3.8) is 0 Å². The van der Waals surface area contributed by atoms with Crippen LogP contribution in [0, 0.1) is 0 Å². The van der Waals surface area contributed by atoms with Crippen molar-refractivity contribution in [1.82, 2.24) is 0 Å². The molecule has 1 aliphatic carbocycles. The topological polar surface area (TPSA) is 46.2 Å². The summed E-state index contributed by atoms with van der Waals surface area (Å²) in [5, 5.41) is 10.4. The molecular weight excluding hydrogens is 210 g/mol. The minimum absolute atomic E-state index is 0.411. The van der Waals surface area contributed by atoms with Gasteiger partial charge in [-0.05, 0) is 30.4 Å². The van der Waals surface area contributed by atoms with E-state index in [-0.39, 0.29) is 0 Å². The molecule has 0 bridgehead atoms. The third-order valence-electron chi connectivity index (χ3n) is 4.03. The molecule has 2 nitrogen and oxygen atoms in total. The summed E-state index contributed by atoms with van der Waals surface area (Å²) in [6.45, 7) is 2.14. The third-order valence-corrected chi connectivity index (χ3v) is 4.03.